The van der Waals surface area contributed by atoms with Crippen molar-refractivity contribution in [3.8, 4) is 22.7 Å². The summed E-state index contributed by atoms with van der Waals surface area (Å²) in [4.78, 5) is -0.157. The van der Waals surface area contributed by atoms with Crippen LogP contribution < -0.4 is 9.88 Å². The van der Waals surface area contributed by atoms with Crippen LogP contribution >= 0.6 is 0 Å². The molecule has 0 radical (unpaired) electrons. The molecule has 10 heteroatoms. The first kappa shape index (κ1) is 21.6. The molecule has 0 unspecified atom stereocenters. The highest BCUT2D eigenvalue weighted by Gasteiger charge is 2.35. The second kappa shape index (κ2) is 7.96. The Morgan fingerprint density at radius 1 is 1.10 bits per heavy atom. The van der Waals surface area contributed by atoms with Gasteiger partial charge in [-0.25, -0.2) is 18.2 Å². The molecule has 0 saturated carbocycles. The zero-order valence-corrected chi connectivity index (χ0v) is 16.8. The van der Waals surface area contributed by atoms with E-state index in [0.29, 0.717) is 16.9 Å². The van der Waals surface area contributed by atoms with Crippen molar-refractivity contribution in [3.63, 3.8) is 0 Å². The number of methoxy groups -OCH3 is 1. The third-order valence-corrected chi connectivity index (χ3v) is 5.21. The number of halogens is 3. The molecule has 158 valence electrons. The third-order valence-electron chi connectivity index (χ3n) is 4.28. The number of aromatic nitrogens is 2. The van der Waals surface area contributed by atoms with Crippen molar-refractivity contribution in [3.05, 3.63) is 65.9 Å². The van der Waals surface area contributed by atoms with E-state index in [2.05, 4.69) is 5.10 Å². The number of nitrogens with zero attached hydrogens (tertiary/aromatic N) is 2. The van der Waals surface area contributed by atoms with Gasteiger partial charge in [-0.15, -0.1) is 0 Å². The number of nitrogens with two attached hydrogens (primary N) is 1. The first-order chi connectivity index (χ1) is 14.0. The molecule has 0 saturated heterocycles. The van der Waals surface area contributed by atoms with Crippen LogP contribution in [0, 0.1) is 0 Å². The van der Waals surface area contributed by atoms with Gasteiger partial charge >= 0.3 is 6.18 Å². The molecule has 6 nitrogen and oxygen atoms in total. The monoisotopic (exact) mass is 437 g/mol. The SMILES string of the molecule is C/C=C\c1cc(-c2cc(C(F)(F)F)nn2-c2ccc(S(N)(=O)=O)cc2)ccc1OC. The van der Waals surface area contributed by atoms with E-state index in [1.54, 1.807) is 30.4 Å². The van der Waals surface area contributed by atoms with Gasteiger partial charge in [0.2, 0.25) is 10.0 Å². The lowest BCUT2D eigenvalue weighted by molar-refractivity contribution is -0.141. The van der Waals surface area contributed by atoms with Crippen LogP contribution in [0.15, 0.2) is 59.5 Å². The van der Waals surface area contributed by atoms with Gasteiger partial charge in [-0.3, -0.25) is 0 Å². The molecule has 0 bridgehead atoms. The fourth-order valence-corrected chi connectivity index (χ4v) is 3.42. The topological polar surface area (TPSA) is 87.2 Å². The van der Waals surface area contributed by atoms with Crippen molar-refractivity contribution in [1.82, 2.24) is 9.78 Å². The Kier molecular flexibility index (Phi) is 5.73. The van der Waals surface area contributed by atoms with Gasteiger partial charge in [0, 0.05) is 11.1 Å². The normalized spacial score (nSPS) is 12.5. The molecule has 0 aliphatic heterocycles. The van der Waals surface area contributed by atoms with Crippen LogP contribution in [0.25, 0.3) is 23.0 Å². The van der Waals surface area contributed by atoms with E-state index in [1.165, 1.54) is 31.4 Å². The molecule has 30 heavy (non-hydrogen) atoms. The first-order valence-corrected chi connectivity index (χ1v) is 10.2. The summed E-state index contributed by atoms with van der Waals surface area (Å²) in [6, 6.07) is 11.0. The molecule has 2 aromatic carbocycles. The second-order valence-corrected chi connectivity index (χ2v) is 7.88. The molecule has 2 N–H and O–H groups in total. The predicted octanol–water partition coefficient (Wildman–Crippen LogP) is 4.25. The minimum atomic E-state index is -4.65. The van der Waals surface area contributed by atoms with E-state index in [1.807, 2.05) is 6.92 Å². The summed E-state index contributed by atoms with van der Waals surface area (Å²) in [6.07, 6.45) is -1.10. The maximum atomic E-state index is 13.3. The number of hydrogen-bond acceptors (Lipinski definition) is 4. The minimum Gasteiger partial charge on any atom is -0.496 e. The number of ether oxygens (including phenoxy) is 1. The first-order valence-electron chi connectivity index (χ1n) is 8.66. The van der Waals surface area contributed by atoms with Gasteiger partial charge in [-0.2, -0.15) is 18.3 Å². The second-order valence-electron chi connectivity index (χ2n) is 6.32. The summed E-state index contributed by atoms with van der Waals surface area (Å²) in [7, 11) is -2.43. The van der Waals surface area contributed by atoms with Gasteiger partial charge in [0.15, 0.2) is 5.69 Å². The summed E-state index contributed by atoms with van der Waals surface area (Å²) in [5, 5.41) is 8.78. The highest BCUT2D eigenvalue weighted by atomic mass is 32.2. The average Bonchev–Trinajstić information content (AvgIpc) is 3.13. The highest BCUT2D eigenvalue weighted by Crippen LogP contribution is 2.35. The molecule has 3 rings (SSSR count). The smallest absolute Gasteiger partial charge is 0.435 e. The van der Waals surface area contributed by atoms with Crippen molar-refractivity contribution in [1.29, 1.82) is 0 Å². The van der Waals surface area contributed by atoms with Gasteiger partial charge in [-0.05, 0) is 55.5 Å². The number of allylic oxidation sites excluding steroid dienone is 1. The van der Waals surface area contributed by atoms with Gasteiger partial charge in [0.25, 0.3) is 0 Å². The molecule has 3 aromatic rings. The number of primary sulfonamides is 1. The molecule has 1 heterocycles. The van der Waals surface area contributed by atoms with Crippen LogP contribution in [0.3, 0.4) is 0 Å². The molecule has 0 fully saturated rings. The molecule has 1 aromatic heterocycles. The summed E-state index contributed by atoms with van der Waals surface area (Å²) in [6.45, 7) is 1.81. The van der Waals surface area contributed by atoms with E-state index < -0.39 is 21.9 Å². The molecular formula is C20H18F3N3O3S. The van der Waals surface area contributed by atoms with Crippen molar-refractivity contribution in [2.24, 2.45) is 5.14 Å². The number of hydrogen-bond donors (Lipinski definition) is 1. The molecule has 0 spiro atoms. The lowest BCUT2D eigenvalue weighted by Gasteiger charge is -2.11. The van der Waals surface area contributed by atoms with E-state index >= 15 is 0 Å². The Morgan fingerprint density at radius 2 is 1.77 bits per heavy atom. The van der Waals surface area contributed by atoms with Crippen LogP contribution in [0.2, 0.25) is 0 Å². The highest BCUT2D eigenvalue weighted by molar-refractivity contribution is 7.89. The zero-order chi connectivity index (χ0) is 22.1. The van der Waals surface area contributed by atoms with E-state index in [0.717, 1.165) is 10.7 Å². The Labute approximate surface area is 171 Å². The van der Waals surface area contributed by atoms with Gasteiger partial charge < -0.3 is 4.74 Å². The van der Waals surface area contributed by atoms with E-state index in [4.69, 9.17) is 9.88 Å². The lowest BCUT2D eigenvalue weighted by Crippen LogP contribution is -2.12. The van der Waals surface area contributed by atoms with Crippen molar-refractivity contribution < 1.29 is 26.3 Å². The summed E-state index contributed by atoms with van der Waals surface area (Å²) in [5.41, 5.74) is 0.512. The van der Waals surface area contributed by atoms with Crippen molar-refractivity contribution in [2.75, 3.05) is 7.11 Å². The van der Waals surface area contributed by atoms with Crippen LogP contribution in [0.1, 0.15) is 18.2 Å². The van der Waals surface area contributed by atoms with Crippen molar-refractivity contribution >= 4 is 16.1 Å². The summed E-state index contributed by atoms with van der Waals surface area (Å²) in [5.74, 6) is 0.566. The largest absolute Gasteiger partial charge is 0.496 e. The Morgan fingerprint density at radius 3 is 2.30 bits per heavy atom. The Balaban J connectivity index is 2.20. The maximum absolute atomic E-state index is 13.3. The quantitative estimate of drug-likeness (QED) is 0.647. The van der Waals surface area contributed by atoms with Crippen LogP contribution in [-0.2, 0) is 16.2 Å². The third kappa shape index (κ3) is 4.39. The maximum Gasteiger partial charge on any atom is 0.435 e. The molecule has 0 amide bonds. The minimum absolute atomic E-state index is 0.157. The summed E-state index contributed by atoms with van der Waals surface area (Å²) >= 11 is 0. The number of sulfonamides is 1. The fraction of sp³-hybridized carbons (Fsp3) is 0.150. The Hall–Kier alpha value is -3.11. The molecule has 0 aliphatic rings. The zero-order valence-electron chi connectivity index (χ0n) is 16.0. The Bertz CT molecular complexity index is 1200. The van der Waals surface area contributed by atoms with Gasteiger partial charge in [-0.1, -0.05) is 12.2 Å². The lowest BCUT2D eigenvalue weighted by atomic mass is 10.1. The van der Waals surface area contributed by atoms with Gasteiger partial charge in [0.1, 0.15) is 5.75 Å². The number of alkyl halides is 3. The fourth-order valence-electron chi connectivity index (χ4n) is 2.90. The van der Waals surface area contributed by atoms with E-state index in [-0.39, 0.29) is 16.3 Å². The van der Waals surface area contributed by atoms with Crippen molar-refractivity contribution in [2.45, 2.75) is 18.0 Å². The molecule has 0 aliphatic carbocycles. The predicted molar refractivity (Wildman–Crippen MR) is 107 cm³/mol. The average molecular weight is 437 g/mol. The summed E-state index contributed by atoms with van der Waals surface area (Å²) < 4.78 is 69.3. The molecular weight excluding hydrogens is 419 g/mol. The van der Waals surface area contributed by atoms with Crippen LogP contribution in [0.5, 0.6) is 5.75 Å². The number of rotatable bonds is 5. The van der Waals surface area contributed by atoms with Gasteiger partial charge in [0.05, 0.1) is 23.4 Å². The standard InChI is InChI=1S/C20H18F3N3O3S/c1-3-4-14-11-13(5-10-18(14)29-2)17-12-19(20(21,22)23)25-26(17)15-6-8-16(9-7-15)30(24,27)28/h3-12H,1-2H3,(H2,24,27,28)/b4-3-. The van der Waals surface area contributed by atoms with Crippen LogP contribution in [-0.4, -0.2) is 25.3 Å². The molecule has 0 atom stereocenters. The van der Waals surface area contributed by atoms with E-state index in [9.17, 15) is 21.6 Å². The van der Waals surface area contributed by atoms with Crippen LogP contribution in [0.4, 0.5) is 13.2 Å². The number of benzene rings is 2.